The molecule has 4 heterocycles. The first-order chi connectivity index (χ1) is 23.1. The lowest BCUT2D eigenvalue weighted by atomic mass is 9.99. The predicted octanol–water partition coefficient (Wildman–Crippen LogP) is 6.71. The average Bonchev–Trinajstić information content (AvgIpc) is 3.55. The Morgan fingerprint density at radius 3 is 1.88 bits per heavy atom. The minimum Gasteiger partial charge on any atom is -0.414 e. The third-order valence-electron chi connectivity index (χ3n) is 10.2. The van der Waals surface area contributed by atoms with Crippen molar-refractivity contribution in [2.75, 3.05) is 13.2 Å². The lowest BCUT2D eigenvalue weighted by Crippen LogP contribution is -2.57. The van der Waals surface area contributed by atoms with E-state index in [4.69, 9.17) is 47.1 Å². The van der Waals surface area contributed by atoms with Gasteiger partial charge in [0.1, 0.15) is 36.6 Å². The molecule has 0 bridgehead atoms. The van der Waals surface area contributed by atoms with Crippen molar-refractivity contribution in [2.45, 2.75) is 153 Å². The lowest BCUT2D eigenvalue weighted by molar-refractivity contribution is -0.294. The molecule has 4 saturated heterocycles. The van der Waals surface area contributed by atoms with Gasteiger partial charge in [0, 0.05) is 6.42 Å². The second-order valence-corrected chi connectivity index (χ2v) is 20.9. The van der Waals surface area contributed by atoms with Crippen molar-refractivity contribution in [1.82, 2.24) is 0 Å². The van der Waals surface area contributed by atoms with Gasteiger partial charge in [0.25, 0.3) is 0 Å². The molecule has 9 unspecified atom stereocenters. The highest BCUT2D eigenvalue weighted by atomic mass is 28.4. The van der Waals surface area contributed by atoms with Crippen molar-refractivity contribution >= 4 is 8.32 Å². The molecule has 4 aliphatic rings. The van der Waals surface area contributed by atoms with E-state index in [0.29, 0.717) is 26.2 Å². The van der Waals surface area contributed by atoms with Crippen LogP contribution in [0.25, 0.3) is 0 Å². The summed E-state index contributed by atoms with van der Waals surface area (Å²) in [5, 5.41) is 0.0333. The van der Waals surface area contributed by atoms with Gasteiger partial charge in [-0.15, -0.1) is 0 Å². The van der Waals surface area contributed by atoms with E-state index in [-0.39, 0.29) is 30.0 Å². The van der Waals surface area contributed by atoms with Gasteiger partial charge in [-0.1, -0.05) is 81.4 Å². The molecule has 9 atom stereocenters. The quantitative estimate of drug-likeness (QED) is 0.223. The molecule has 2 aromatic carbocycles. The second kappa shape index (κ2) is 14.7. The van der Waals surface area contributed by atoms with Crippen LogP contribution >= 0.6 is 0 Å². The van der Waals surface area contributed by atoms with Crippen LogP contribution in [0.4, 0.5) is 0 Å². The smallest absolute Gasteiger partial charge is 0.192 e. The Balaban J connectivity index is 1.21. The van der Waals surface area contributed by atoms with Crippen molar-refractivity contribution in [2.24, 2.45) is 0 Å². The average molecular weight is 701 g/mol. The Hall–Kier alpha value is -1.74. The van der Waals surface area contributed by atoms with Gasteiger partial charge < -0.3 is 47.1 Å². The van der Waals surface area contributed by atoms with Crippen molar-refractivity contribution in [3.8, 4) is 0 Å². The third-order valence-corrected chi connectivity index (χ3v) is 14.7. The van der Waals surface area contributed by atoms with Gasteiger partial charge >= 0.3 is 0 Å². The van der Waals surface area contributed by atoms with E-state index in [0.717, 1.165) is 11.1 Å². The van der Waals surface area contributed by atoms with E-state index in [2.05, 4.69) is 58.1 Å². The van der Waals surface area contributed by atoms with Crippen LogP contribution in [-0.4, -0.2) is 88.4 Å². The first-order valence-corrected chi connectivity index (χ1v) is 20.6. The molecule has 0 aromatic heterocycles. The Bertz CT molecular complexity index is 1350. The summed E-state index contributed by atoms with van der Waals surface area (Å²) in [5.41, 5.74) is 2.17. The monoisotopic (exact) mass is 700 g/mol. The Labute approximate surface area is 293 Å². The molecule has 4 fully saturated rings. The van der Waals surface area contributed by atoms with Crippen molar-refractivity contribution in [3.05, 3.63) is 71.8 Å². The standard InChI is InChI=1S/C38H56O10Si/c1-36(2,3)49(8,9)42-24-29-31(41-22-26-18-14-11-15-19-26)27(39-21-25-16-12-10-13-17-25)20-30(43-29)40-23-28-32-33(46-37(4,5)45-32)34-35(44-28)48-38(6,7)47-34/h10-19,27-35H,20-24H2,1-9H3. The maximum atomic E-state index is 6.75. The van der Waals surface area contributed by atoms with E-state index in [1.807, 2.05) is 64.1 Å². The minimum absolute atomic E-state index is 0.0333. The maximum Gasteiger partial charge on any atom is 0.192 e. The van der Waals surface area contributed by atoms with Crippen molar-refractivity contribution < 1.29 is 47.1 Å². The minimum atomic E-state index is -2.11. The van der Waals surface area contributed by atoms with Crippen LogP contribution in [0, 0.1) is 0 Å². The molecular formula is C38H56O10Si. The zero-order valence-corrected chi connectivity index (χ0v) is 31.6. The fourth-order valence-corrected chi connectivity index (χ4v) is 7.61. The highest BCUT2D eigenvalue weighted by molar-refractivity contribution is 6.74. The van der Waals surface area contributed by atoms with Crippen LogP contribution in [0.5, 0.6) is 0 Å². The Kier molecular flexibility index (Phi) is 11.1. The highest BCUT2D eigenvalue weighted by Gasteiger charge is 2.61. The highest BCUT2D eigenvalue weighted by Crippen LogP contribution is 2.44. The van der Waals surface area contributed by atoms with E-state index in [1.54, 1.807) is 0 Å². The Morgan fingerprint density at radius 1 is 0.673 bits per heavy atom. The van der Waals surface area contributed by atoms with Crippen molar-refractivity contribution in [1.29, 1.82) is 0 Å². The van der Waals surface area contributed by atoms with Crippen LogP contribution in [0.15, 0.2) is 60.7 Å². The molecule has 0 saturated carbocycles. The van der Waals surface area contributed by atoms with Gasteiger partial charge in [0.2, 0.25) is 0 Å². The van der Waals surface area contributed by atoms with E-state index in [1.165, 1.54) is 0 Å². The first kappa shape index (κ1) is 37.0. The molecule has 272 valence electrons. The molecule has 6 rings (SSSR count). The number of fused-ring (bicyclic) bond motifs is 3. The van der Waals surface area contributed by atoms with E-state index in [9.17, 15) is 0 Å². The normalized spacial score (nSPS) is 34.0. The van der Waals surface area contributed by atoms with E-state index < -0.39 is 56.9 Å². The molecule has 49 heavy (non-hydrogen) atoms. The van der Waals surface area contributed by atoms with Crippen LogP contribution in [0.1, 0.15) is 66.0 Å². The van der Waals surface area contributed by atoms with Gasteiger partial charge in [0.15, 0.2) is 32.5 Å². The summed E-state index contributed by atoms with van der Waals surface area (Å²) in [6.07, 6.45) is -3.51. The van der Waals surface area contributed by atoms with Gasteiger partial charge in [-0.25, -0.2) is 0 Å². The second-order valence-electron chi connectivity index (χ2n) is 16.0. The van der Waals surface area contributed by atoms with Gasteiger partial charge in [0.05, 0.1) is 32.5 Å². The number of rotatable bonds is 12. The molecule has 0 spiro atoms. The first-order valence-electron chi connectivity index (χ1n) is 17.7. The molecule has 4 aliphatic heterocycles. The fraction of sp³-hybridized carbons (Fsp3) is 0.684. The molecule has 0 radical (unpaired) electrons. The predicted molar refractivity (Wildman–Crippen MR) is 185 cm³/mol. The zero-order chi connectivity index (χ0) is 35.0. The van der Waals surface area contributed by atoms with Crippen LogP contribution < -0.4 is 0 Å². The molecule has 11 heteroatoms. The van der Waals surface area contributed by atoms with Gasteiger partial charge in [-0.05, 0) is 57.0 Å². The van der Waals surface area contributed by atoms with Gasteiger partial charge in [-0.2, -0.15) is 0 Å². The summed E-state index contributed by atoms with van der Waals surface area (Å²) in [6, 6.07) is 20.4. The molecule has 10 nitrogen and oxygen atoms in total. The number of benzene rings is 2. The third kappa shape index (κ3) is 9.01. The van der Waals surface area contributed by atoms with Gasteiger partial charge in [-0.3, -0.25) is 0 Å². The number of ether oxygens (including phenoxy) is 9. The van der Waals surface area contributed by atoms with Crippen LogP contribution in [-0.2, 0) is 60.3 Å². The topological polar surface area (TPSA) is 92.3 Å². The van der Waals surface area contributed by atoms with Crippen molar-refractivity contribution in [3.63, 3.8) is 0 Å². The number of hydrogen-bond donors (Lipinski definition) is 0. The molecule has 2 aromatic rings. The summed E-state index contributed by atoms with van der Waals surface area (Å²) < 4.78 is 64.7. The fourth-order valence-electron chi connectivity index (χ4n) is 6.59. The SMILES string of the molecule is CC1(C)OC2OC(COC3CC(OCc4ccccc4)C(OCc4ccccc4)C(CO[Si](C)(C)C(C)(C)C)O3)C3OC(C)(C)OC3C2O1. The lowest BCUT2D eigenvalue weighted by Gasteiger charge is -2.44. The summed E-state index contributed by atoms with van der Waals surface area (Å²) in [6.45, 7) is 20.2. The maximum absolute atomic E-state index is 6.75. The molecular weight excluding hydrogens is 644 g/mol. The summed E-state index contributed by atoms with van der Waals surface area (Å²) in [7, 11) is -2.11. The van der Waals surface area contributed by atoms with Crippen LogP contribution in [0.2, 0.25) is 18.1 Å². The molecule has 0 amide bonds. The number of hydrogen-bond acceptors (Lipinski definition) is 10. The summed E-state index contributed by atoms with van der Waals surface area (Å²) >= 11 is 0. The van der Waals surface area contributed by atoms with E-state index >= 15 is 0 Å². The molecule has 0 aliphatic carbocycles. The van der Waals surface area contributed by atoms with Crippen LogP contribution in [0.3, 0.4) is 0 Å². The molecule has 0 N–H and O–H groups in total. The zero-order valence-electron chi connectivity index (χ0n) is 30.6. The summed E-state index contributed by atoms with van der Waals surface area (Å²) in [5.74, 6) is -1.59. The summed E-state index contributed by atoms with van der Waals surface area (Å²) in [4.78, 5) is 0. The largest absolute Gasteiger partial charge is 0.414 e. The Morgan fingerprint density at radius 2 is 1.24 bits per heavy atom.